The van der Waals surface area contributed by atoms with Crippen LogP contribution in [-0.2, 0) is 14.3 Å². The topological polar surface area (TPSA) is 117 Å². The first-order valence-electron chi connectivity index (χ1n) is 14.2. The maximum Gasteiger partial charge on any atom is 0.408 e. The Morgan fingerprint density at radius 2 is 1.59 bits per heavy atom. The largest absolute Gasteiger partial charge is 0.508 e. The smallest absolute Gasteiger partial charge is 0.408 e. The van der Waals surface area contributed by atoms with E-state index in [1.165, 1.54) is 17.0 Å². The van der Waals surface area contributed by atoms with Gasteiger partial charge < -0.3 is 30.1 Å². The van der Waals surface area contributed by atoms with Gasteiger partial charge in [-0.05, 0) is 94.3 Å². The molecule has 0 radical (unpaired) electrons. The Balaban J connectivity index is 2.60. The quantitative estimate of drug-likeness (QED) is 0.277. The molecule has 226 valence electrons. The van der Waals surface area contributed by atoms with E-state index in [4.69, 9.17) is 9.47 Å². The lowest BCUT2D eigenvalue weighted by atomic mass is 9.95. The van der Waals surface area contributed by atoms with Gasteiger partial charge >= 0.3 is 6.09 Å². The monoisotopic (exact) mass is 569 g/mol. The van der Waals surface area contributed by atoms with Crippen LogP contribution in [0.2, 0.25) is 0 Å². The number of nitrogens with zero attached hydrogens (tertiary/aromatic N) is 1. The number of carbonyl (C=O) groups is 3. The SMILES string of the molecule is COc1ccc(NC(=O)C(c2cccc(O)c2)N(C(=O)C(NC(=O)OC(C)(C)C)C(C)C)C(C)CCC(C)C)cc1. The van der Waals surface area contributed by atoms with Crippen LogP contribution in [0.1, 0.15) is 79.8 Å². The van der Waals surface area contributed by atoms with Crippen molar-refractivity contribution in [1.29, 1.82) is 0 Å². The maximum atomic E-state index is 14.4. The Hall–Kier alpha value is -3.75. The molecule has 2 rings (SSSR count). The summed E-state index contributed by atoms with van der Waals surface area (Å²) in [6, 6.07) is 10.8. The van der Waals surface area contributed by atoms with Gasteiger partial charge in [0.1, 0.15) is 29.2 Å². The molecule has 3 atom stereocenters. The van der Waals surface area contributed by atoms with Crippen molar-refractivity contribution >= 4 is 23.6 Å². The standard InChI is InChI=1S/C32H47N3O6/c1-20(2)13-14-22(5)35(30(38)27(21(3)4)34-31(39)41-32(6,7)8)28(23-11-10-12-25(36)19-23)29(37)33-24-15-17-26(40-9)18-16-24/h10-12,15-22,27-28,36H,13-14H2,1-9H3,(H,33,37)(H,34,39). The Bertz CT molecular complexity index is 1160. The summed E-state index contributed by atoms with van der Waals surface area (Å²) in [4.78, 5) is 42.8. The molecule has 41 heavy (non-hydrogen) atoms. The molecule has 9 nitrogen and oxygen atoms in total. The Morgan fingerprint density at radius 3 is 2.10 bits per heavy atom. The van der Waals surface area contributed by atoms with Crippen LogP contribution in [0.5, 0.6) is 11.5 Å². The molecule has 3 unspecified atom stereocenters. The van der Waals surface area contributed by atoms with E-state index < -0.39 is 35.6 Å². The van der Waals surface area contributed by atoms with E-state index in [1.54, 1.807) is 64.3 Å². The van der Waals surface area contributed by atoms with Crippen LogP contribution in [-0.4, -0.2) is 52.7 Å². The van der Waals surface area contributed by atoms with Gasteiger partial charge in [-0.2, -0.15) is 0 Å². The van der Waals surface area contributed by atoms with Crippen molar-refractivity contribution < 1.29 is 29.0 Å². The highest BCUT2D eigenvalue weighted by atomic mass is 16.6. The second-order valence-corrected chi connectivity index (χ2v) is 12.1. The second kappa shape index (κ2) is 14.8. The number of nitrogens with one attached hydrogen (secondary N) is 2. The van der Waals surface area contributed by atoms with Gasteiger partial charge in [0.15, 0.2) is 0 Å². The summed E-state index contributed by atoms with van der Waals surface area (Å²) in [5.74, 6) is -0.184. The van der Waals surface area contributed by atoms with E-state index in [0.717, 1.165) is 6.42 Å². The van der Waals surface area contributed by atoms with Crippen molar-refractivity contribution in [3.8, 4) is 11.5 Å². The van der Waals surface area contributed by atoms with Crippen molar-refractivity contribution in [2.45, 2.75) is 92.0 Å². The normalized spacial score (nSPS) is 13.7. The number of anilines is 1. The van der Waals surface area contributed by atoms with Gasteiger partial charge in [-0.15, -0.1) is 0 Å². The first-order valence-corrected chi connectivity index (χ1v) is 14.2. The summed E-state index contributed by atoms with van der Waals surface area (Å²) in [7, 11) is 1.56. The van der Waals surface area contributed by atoms with Crippen LogP contribution in [0.15, 0.2) is 48.5 Å². The lowest BCUT2D eigenvalue weighted by Crippen LogP contribution is -2.56. The zero-order chi connectivity index (χ0) is 30.9. The fourth-order valence-electron chi connectivity index (χ4n) is 4.44. The molecule has 0 aromatic heterocycles. The third-order valence-corrected chi connectivity index (χ3v) is 6.57. The number of methoxy groups -OCH3 is 1. The van der Waals surface area contributed by atoms with Gasteiger partial charge in [0.25, 0.3) is 5.91 Å². The number of hydrogen-bond acceptors (Lipinski definition) is 6. The van der Waals surface area contributed by atoms with Gasteiger partial charge in [0.05, 0.1) is 7.11 Å². The highest BCUT2D eigenvalue weighted by Crippen LogP contribution is 2.31. The number of alkyl carbamates (subject to hydrolysis) is 1. The molecule has 3 amide bonds. The van der Waals surface area contributed by atoms with Gasteiger partial charge in [-0.3, -0.25) is 9.59 Å². The predicted octanol–water partition coefficient (Wildman–Crippen LogP) is 6.28. The minimum atomic E-state index is -1.10. The number of carbonyl (C=O) groups excluding carboxylic acids is 3. The zero-order valence-electron chi connectivity index (χ0n) is 25.9. The number of amides is 3. The number of benzene rings is 2. The summed E-state index contributed by atoms with van der Waals surface area (Å²) in [5.41, 5.74) is 0.220. The molecule has 0 aliphatic carbocycles. The lowest BCUT2D eigenvalue weighted by Gasteiger charge is -2.39. The molecule has 0 bridgehead atoms. The van der Waals surface area contributed by atoms with E-state index in [9.17, 15) is 19.5 Å². The van der Waals surface area contributed by atoms with Gasteiger partial charge in [-0.1, -0.05) is 39.8 Å². The van der Waals surface area contributed by atoms with Crippen molar-refractivity contribution in [3.63, 3.8) is 0 Å². The summed E-state index contributed by atoms with van der Waals surface area (Å²) in [5, 5.41) is 16.0. The molecular weight excluding hydrogens is 522 g/mol. The van der Waals surface area contributed by atoms with Gasteiger partial charge in [-0.25, -0.2) is 4.79 Å². The number of phenols is 1. The number of ether oxygens (including phenoxy) is 2. The first-order chi connectivity index (χ1) is 19.1. The Morgan fingerprint density at radius 1 is 0.951 bits per heavy atom. The van der Waals surface area contributed by atoms with Crippen LogP contribution < -0.4 is 15.4 Å². The van der Waals surface area contributed by atoms with Crippen molar-refractivity contribution in [1.82, 2.24) is 10.2 Å². The van der Waals surface area contributed by atoms with Gasteiger partial charge in [0.2, 0.25) is 5.91 Å². The highest BCUT2D eigenvalue weighted by Gasteiger charge is 2.40. The molecule has 0 spiro atoms. The number of hydrogen-bond donors (Lipinski definition) is 3. The van der Waals surface area contributed by atoms with Gasteiger partial charge in [0, 0.05) is 11.7 Å². The first kappa shape index (κ1) is 33.5. The van der Waals surface area contributed by atoms with Crippen LogP contribution in [0.3, 0.4) is 0 Å². The zero-order valence-corrected chi connectivity index (χ0v) is 25.9. The lowest BCUT2D eigenvalue weighted by molar-refractivity contribution is -0.144. The van der Waals surface area contributed by atoms with Crippen molar-refractivity contribution in [3.05, 3.63) is 54.1 Å². The number of phenolic OH excluding ortho intramolecular Hbond substituents is 1. The van der Waals surface area contributed by atoms with Crippen molar-refractivity contribution in [2.24, 2.45) is 11.8 Å². The van der Waals surface area contributed by atoms with E-state index in [1.807, 2.05) is 20.8 Å². The fourth-order valence-corrected chi connectivity index (χ4v) is 4.44. The van der Waals surface area contributed by atoms with E-state index in [-0.39, 0.29) is 17.7 Å². The van der Waals surface area contributed by atoms with Crippen LogP contribution >= 0.6 is 0 Å². The predicted molar refractivity (Wildman–Crippen MR) is 161 cm³/mol. The van der Waals surface area contributed by atoms with Crippen LogP contribution in [0.25, 0.3) is 0 Å². The average molecular weight is 570 g/mol. The van der Waals surface area contributed by atoms with Crippen LogP contribution in [0.4, 0.5) is 10.5 Å². The summed E-state index contributed by atoms with van der Waals surface area (Å²) < 4.78 is 10.7. The third kappa shape index (κ3) is 10.3. The summed E-state index contributed by atoms with van der Waals surface area (Å²) in [6.07, 6.45) is 0.742. The second-order valence-electron chi connectivity index (χ2n) is 12.1. The molecule has 3 N–H and O–H groups in total. The average Bonchev–Trinajstić information content (AvgIpc) is 2.87. The molecule has 0 saturated heterocycles. The molecule has 0 aliphatic rings. The molecule has 0 saturated carbocycles. The molecular formula is C32H47N3O6. The molecule has 0 fully saturated rings. The minimum absolute atomic E-state index is 0.0285. The molecule has 0 aliphatic heterocycles. The molecule has 0 heterocycles. The molecule has 2 aromatic rings. The molecule has 2 aromatic carbocycles. The summed E-state index contributed by atoms with van der Waals surface area (Å²) >= 11 is 0. The third-order valence-electron chi connectivity index (χ3n) is 6.57. The molecule has 9 heteroatoms. The van der Waals surface area contributed by atoms with Crippen molar-refractivity contribution in [2.75, 3.05) is 12.4 Å². The minimum Gasteiger partial charge on any atom is -0.508 e. The van der Waals surface area contributed by atoms with Crippen LogP contribution in [0, 0.1) is 11.8 Å². The maximum absolute atomic E-state index is 14.4. The fraction of sp³-hybridized carbons (Fsp3) is 0.531. The van der Waals surface area contributed by atoms with E-state index >= 15 is 0 Å². The number of rotatable bonds is 12. The highest BCUT2D eigenvalue weighted by molar-refractivity contribution is 5.99. The Labute approximate surface area is 244 Å². The number of aromatic hydroxyl groups is 1. The Kier molecular flexibility index (Phi) is 12.0. The van der Waals surface area contributed by atoms with E-state index in [2.05, 4.69) is 24.5 Å². The summed E-state index contributed by atoms with van der Waals surface area (Å²) in [6.45, 7) is 15.0. The van der Waals surface area contributed by atoms with E-state index in [0.29, 0.717) is 29.3 Å².